The van der Waals surface area contributed by atoms with Gasteiger partial charge in [0.05, 0.1) is 11.9 Å². The van der Waals surface area contributed by atoms with Gasteiger partial charge in [-0.05, 0) is 12.8 Å². The van der Waals surface area contributed by atoms with Crippen molar-refractivity contribution in [2.45, 2.75) is 39.7 Å². The van der Waals surface area contributed by atoms with Crippen LogP contribution in [-0.2, 0) is 11.8 Å². The summed E-state index contributed by atoms with van der Waals surface area (Å²) in [6.07, 6.45) is 6.06. The maximum Gasteiger partial charge on any atom is 0.217 e. The Labute approximate surface area is 109 Å². The Morgan fingerprint density at radius 1 is 1.50 bits per heavy atom. The molecule has 2 heterocycles. The van der Waals surface area contributed by atoms with Gasteiger partial charge in [0.15, 0.2) is 0 Å². The van der Waals surface area contributed by atoms with Crippen molar-refractivity contribution in [3.05, 3.63) is 12.4 Å². The highest BCUT2D eigenvalue weighted by Crippen LogP contribution is 2.18. The fourth-order valence-electron chi connectivity index (χ4n) is 2.19. The lowest BCUT2D eigenvalue weighted by atomic mass is 10.1. The molecule has 1 N–H and O–H groups in total. The van der Waals surface area contributed by atoms with Crippen LogP contribution in [0.3, 0.4) is 0 Å². The molecule has 1 unspecified atom stereocenters. The van der Waals surface area contributed by atoms with Crippen molar-refractivity contribution in [1.82, 2.24) is 15.1 Å². The zero-order chi connectivity index (χ0) is 13.5. The van der Waals surface area contributed by atoms with Crippen molar-refractivity contribution in [2.75, 3.05) is 18.0 Å². The predicted octanol–water partition coefficient (Wildman–Crippen LogP) is 1.55. The van der Waals surface area contributed by atoms with E-state index in [1.807, 2.05) is 33.3 Å². The third-order valence-electron chi connectivity index (χ3n) is 2.89. The number of nitrogens with zero attached hydrogens (tertiary/aromatic N) is 3. The van der Waals surface area contributed by atoms with Gasteiger partial charge < -0.3 is 10.2 Å². The highest BCUT2D eigenvalue weighted by molar-refractivity contribution is 5.73. The first-order valence-corrected chi connectivity index (χ1v) is 6.66. The van der Waals surface area contributed by atoms with Crippen LogP contribution in [0.15, 0.2) is 12.4 Å². The van der Waals surface area contributed by atoms with Gasteiger partial charge in [-0.2, -0.15) is 5.10 Å². The average molecular weight is 252 g/mol. The molecule has 0 bridgehead atoms. The summed E-state index contributed by atoms with van der Waals surface area (Å²) in [5.74, 6) is 0.0537. The summed E-state index contributed by atoms with van der Waals surface area (Å²) < 4.78 is 1.80. The van der Waals surface area contributed by atoms with Crippen LogP contribution in [0.2, 0.25) is 0 Å². The van der Waals surface area contributed by atoms with Crippen LogP contribution in [-0.4, -0.2) is 34.8 Å². The molecule has 1 saturated heterocycles. The Balaban J connectivity index is 0.000000771. The second-order valence-electron chi connectivity index (χ2n) is 4.36. The minimum atomic E-state index is 0.0537. The SMILES string of the molecule is CC.CC(=O)NC1CCCN(c2cnn(C)c2)C1. The Morgan fingerprint density at radius 2 is 2.22 bits per heavy atom. The molecule has 1 amide bonds. The van der Waals surface area contributed by atoms with Gasteiger partial charge in [-0.3, -0.25) is 9.48 Å². The number of carbonyl (C=O) groups excluding carboxylic acids is 1. The monoisotopic (exact) mass is 252 g/mol. The van der Waals surface area contributed by atoms with Crippen LogP contribution in [0.25, 0.3) is 0 Å². The molecule has 1 aliphatic rings. The van der Waals surface area contributed by atoms with Gasteiger partial charge in [0, 0.05) is 39.3 Å². The van der Waals surface area contributed by atoms with Crippen LogP contribution >= 0.6 is 0 Å². The van der Waals surface area contributed by atoms with Crippen molar-refractivity contribution in [3.8, 4) is 0 Å². The Kier molecular flexibility index (Phi) is 5.68. The lowest BCUT2D eigenvalue weighted by molar-refractivity contribution is -0.119. The molecule has 0 radical (unpaired) electrons. The first-order chi connectivity index (χ1) is 8.65. The summed E-state index contributed by atoms with van der Waals surface area (Å²) >= 11 is 0. The zero-order valence-corrected chi connectivity index (χ0v) is 11.8. The second kappa shape index (κ2) is 7.03. The number of rotatable bonds is 2. The summed E-state index contributed by atoms with van der Waals surface area (Å²) in [4.78, 5) is 13.3. The topological polar surface area (TPSA) is 50.2 Å². The highest BCUT2D eigenvalue weighted by atomic mass is 16.1. The minimum Gasteiger partial charge on any atom is -0.367 e. The Morgan fingerprint density at radius 3 is 2.78 bits per heavy atom. The summed E-state index contributed by atoms with van der Waals surface area (Å²) in [5, 5.41) is 7.15. The molecule has 0 saturated carbocycles. The molecule has 1 atom stereocenters. The fraction of sp³-hybridized carbons (Fsp3) is 0.692. The average Bonchev–Trinajstić information content (AvgIpc) is 2.78. The molecule has 0 aromatic carbocycles. The molecule has 102 valence electrons. The first kappa shape index (κ1) is 14.5. The van der Waals surface area contributed by atoms with Gasteiger partial charge in [-0.1, -0.05) is 13.8 Å². The van der Waals surface area contributed by atoms with Gasteiger partial charge in [-0.15, -0.1) is 0 Å². The molecule has 1 aromatic heterocycles. The van der Waals surface area contributed by atoms with E-state index >= 15 is 0 Å². The van der Waals surface area contributed by atoms with Gasteiger partial charge in [-0.25, -0.2) is 0 Å². The number of hydrogen-bond donors (Lipinski definition) is 1. The number of aryl methyl sites for hydroxylation is 1. The predicted molar refractivity (Wildman–Crippen MR) is 73.6 cm³/mol. The van der Waals surface area contributed by atoms with Crippen LogP contribution in [0.5, 0.6) is 0 Å². The third-order valence-corrected chi connectivity index (χ3v) is 2.89. The van der Waals surface area contributed by atoms with Crippen molar-refractivity contribution in [1.29, 1.82) is 0 Å². The first-order valence-electron chi connectivity index (χ1n) is 6.66. The second-order valence-corrected chi connectivity index (χ2v) is 4.36. The number of hydrogen-bond acceptors (Lipinski definition) is 3. The van der Waals surface area contributed by atoms with Gasteiger partial charge >= 0.3 is 0 Å². The third kappa shape index (κ3) is 4.05. The molecular formula is C13H24N4O. The van der Waals surface area contributed by atoms with Crippen LogP contribution in [0, 0.1) is 0 Å². The van der Waals surface area contributed by atoms with Crippen molar-refractivity contribution < 1.29 is 4.79 Å². The van der Waals surface area contributed by atoms with E-state index < -0.39 is 0 Å². The van der Waals surface area contributed by atoms with Crippen molar-refractivity contribution in [3.63, 3.8) is 0 Å². The molecule has 2 rings (SSSR count). The standard InChI is InChI=1S/C11H18N4O.C2H6/c1-9(16)13-10-4-3-5-15(7-10)11-6-12-14(2)8-11;1-2/h6,8,10H,3-5,7H2,1-2H3,(H,13,16);1-2H3. The summed E-state index contributed by atoms with van der Waals surface area (Å²) in [7, 11) is 1.92. The molecule has 1 aliphatic heterocycles. The van der Waals surface area contributed by atoms with E-state index in [0.29, 0.717) is 0 Å². The summed E-state index contributed by atoms with van der Waals surface area (Å²) in [5.41, 5.74) is 1.14. The number of carbonyl (C=O) groups is 1. The smallest absolute Gasteiger partial charge is 0.217 e. The molecule has 5 nitrogen and oxygen atoms in total. The van der Waals surface area contributed by atoms with Gasteiger partial charge in [0.25, 0.3) is 0 Å². The van der Waals surface area contributed by atoms with E-state index in [2.05, 4.69) is 15.3 Å². The molecule has 1 fully saturated rings. The van der Waals surface area contributed by atoms with Gasteiger partial charge in [0.1, 0.15) is 0 Å². The zero-order valence-electron chi connectivity index (χ0n) is 11.8. The van der Waals surface area contributed by atoms with E-state index in [4.69, 9.17) is 0 Å². The lowest BCUT2D eigenvalue weighted by Crippen LogP contribution is -2.47. The van der Waals surface area contributed by atoms with E-state index in [1.165, 1.54) is 0 Å². The summed E-state index contributed by atoms with van der Waals surface area (Å²) in [6.45, 7) is 7.50. The van der Waals surface area contributed by atoms with Crippen molar-refractivity contribution in [2.24, 2.45) is 7.05 Å². The fourth-order valence-corrected chi connectivity index (χ4v) is 2.19. The largest absolute Gasteiger partial charge is 0.367 e. The molecular weight excluding hydrogens is 228 g/mol. The molecule has 1 aromatic rings. The van der Waals surface area contributed by atoms with Crippen LogP contribution in [0.4, 0.5) is 5.69 Å². The number of anilines is 1. The molecule has 0 aliphatic carbocycles. The maximum atomic E-state index is 11.0. The van der Waals surface area contributed by atoms with E-state index in [0.717, 1.165) is 31.6 Å². The Bertz CT molecular complexity index is 375. The molecule has 18 heavy (non-hydrogen) atoms. The highest BCUT2D eigenvalue weighted by Gasteiger charge is 2.21. The van der Waals surface area contributed by atoms with Gasteiger partial charge in [0.2, 0.25) is 5.91 Å². The van der Waals surface area contributed by atoms with E-state index in [-0.39, 0.29) is 11.9 Å². The summed E-state index contributed by atoms with van der Waals surface area (Å²) in [6, 6.07) is 0.270. The normalized spacial score (nSPS) is 18.9. The number of nitrogens with one attached hydrogen (secondary N) is 1. The maximum absolute atomic E-state index is 11.0. The van der Waals surface area contributed by atoms with Crippen LogP contribution < -0.4 is 10.2 Å². The van der Waals surface area contributed by atoms with Crippen molar-refractivity contribution >= 4 is 11.6 Å². The minimum absolute atomic E-state index is 0.0537. The quantitative estimate of drug-likeness (QED) is 0.869. The number of aromatic nitrogens is 2. The van der Waals surface area contributed by atoms with Crippen LogP contribution in [0.1, 0.15) is 33.6 Å². The van der Waals surface area contributed by atoms with E-state index in [9.17, 15) is 4.79 Å². The molecule has 5 heteroatoms. The lowest BCUT2D eigenvalue weighted by Gasteiger charge is -2.33. The number of amides is 1. The molecule has 0 spiro atoms. The number of piperidine rings is 1. The van der Waals surface area contributed by atoms with E-state index in [1.54, 1.807) is 11.6 Å². The Hall–Kier alpha value is -1.52.